The molecule has 2 amide bonds. The van der Waals surface area contributed by atoms with Gasteiger partial charge in [-0.2, -0.15) is 0 Å². The van der Waals surface area contributed by atoms with Crippen molar-refractivity contribution in [1.82, 2.24) is 9.80 Å². The maximum atomic E-state index is 12.7. The minimum Gasteiger partial charge on any atom is -0.337 e. The van der Waals surface area contributed by atoms with Crippen LogP contribution in [-0.2, 0) is 19.4 Å². The maximum Gasteiger partial charge on any atom is 0.266 e. The smallest absolute Gasteiger partial charge is 0.266 e. The van der Waals surface area contributed by atoms with E-state index < -0.39 is 9.84 Å². The lowest BCUT2D eigenvalue weighted by molar-refractivity contribution is -0.136. The summed E-state index contributed by atoms with van der Waals surface area (Å²) in [6.45, 7) is 2.06. The first-order chi connectivity index (χ1) is 12.3. The number of hydrogen-bond donors (Lipinski definition) is 0. The third kappa shape index (κ3) is 4.19. The van der Waals surface area contributed by atoms with E-state index in [-0.39, 0.29) is 35.9 Å². The van der Waals surface area contributed by atoms with Crippen LogP contribution in [0.25, 0.3) is 6.08 Å². The minimum absolute atomic E-state index is 0.0107. The highest BCUT2D eigenvalue weighted by molar-refractivity contribution is 8.26. The van der Waals surface area contributed by atoms with Crippen molar-refractivity contribution in [2.24, 2.45) is 0 Å². The predicted molar refractivity (Wildman–Crippen MR) is 109 cm³/mol. The van der Waals surface area contributed by atoms with Crippen LogP contribution < -0.4 is 0 Å². The van der Waals surface area contributed by atoms with Crippen LogP contribution in [0, 0.1) is 0 Å². The molecule has 26 heavy (non-hydrogen) atoms. The largest absolute Gasteiger partial charge is 0.337 e. The lowest BCUT2D eigenvalue weighted by Crippen LogP contribution is -2.47. The highest BCUT2D eigenvalue weighted by Crippen LogP contribution is 2.33. The van der Waals surface area contributed by atoms with Gasteiger partial charge in [0.2, 0.25) is 5.91 Å². The lowest BCUT2D eigenvalue weighted by Gasteiger charge is -2.28. The molecule has 0 saturated carbocycles. The molecule has 2 fully saturated rings. The minimum atomic E-state index is -3.08. The van der Waals surface area contributed by atoms with Crippen LogP contribution >= 0.6 is 35.3 Å². The summed E-state index contributed by atoms with van der Waals surface area (Å²) in [5, 5.41) is 1.92. The second-order valence-electron chi connectivity index (χ2n) is 6.02. The molecule has 1 unspecified atom stereocenters. The maximum absolute atomic E-state index is 12.7. The first kappa shape index (κ1) is 19.5. The van der Waals surface area contributed by atoms with Gasteiger partial charge in [-0.3, -0.25) is 14.5 Å². The molecule has 0 bridgehead atoms. The summed E-state index contributed by atoms with van der Waals surface area (Å²) in [7, 11) is -3.08. The van der Waals surface area contributed by atoms with Gasteiger partial charge in [-0.25, -0.2) is 8.42 Å². The number of thioether (sulfide) groups is 1. The molecule has 0 radical (unpaired) electrons. The Morgan fingerprint density at radius 3 is 2.85 bits per heavy atom. The Balaban J connectivity index is 1.70. The molecule has 1 atom stereocenters. The number of thiocarbonyl (C=S) groups is 1. The van der Waals surface area contributed by atoms with E-state index in [9.17, 15) is 18.0 Å². The van der Waals surface area contributed by atoms with E-state index in [1.54, 1.807) is 11.0 Å². The second kappa shape index (κ2) is 7.79. The Bertz CT molecular complexity index is 861. The third-order valence-electron chi connectivity index (χ3n) is 4.29. The van der Waals surface area contributed by atoms with E-state index in [4.69, 9.17) is 12.2 Å². The average molecular weight is 431 g/mol. The summed E-state index contributed by atoms with van der Waals surface area (Å²) in [4.78, 5) is 29.6. The van der Waals surface area contributed by atoms with Gasteiger partial charge in [0.05, 0.1) is 16.4 Å². The number of nitrogens with zero attached hydrogens (tertiary/aromatic N) is 2. The van der Waals surface area contributed by atoms with Crippen molar-refractivity contribution in [3.05, 3.63) is 27.3 Å². The monoisotopic (exact) mass is 430 g/mol. The molecule has 140 valence electrons. The summed E-state index contributed by atoms with van der Waals surface area (Å²) < 4.78 is 23.7. The summed E-state index contributed by atoms with van der Waals surface area (Å²) in [5.41, 5.74) is 0. The summed E-state index contributed by atoms with van der Waals surface area (Å²) in [6.07, 6.45) is 2.22. The van der Waals surface area contributed by atoms with Crippen molar-refractivity contribution in [1.29, 1.82) is 0 Å². The summed E-state index contributed by atoms with van der Waals surface area (Å²) in [6, 6.07) is 3.48. The first-order valence-corrected chi connectivity index (χ1v) is 12.0. The van der Waals surface area contributed by atoms with E-state index in [0.717, 1.165) is 4.88 Å². The molecule has 1 aromatic rings. The molecule has 2 saturated heterocycles. The highest BCUT2D eigenvalue weighted by Gasteiger charge is 2.38. The second-order valence-corrected chi connectivity index (χ2v) is 10.9. The van der Waals surface area contributed by atoms with Gasteiger partial charge >= 0.3 is 0 Å². The number of carbonyl (C=O) groups excluding carboxylic acids is 2. The van der Waals surface area contributed by atoms with Crippen molar-refractivity contribution < 1.29 is 18.0 Å². The molecular formula is C16H18N2O4S4. The highest BCUT2D eigenvalue weighted by atomic mass is 32.2. The van der Waals surface area contributed by atoms with Crippen LogP contribution in [0.2, 0.25) is 0 Å². The van der Waals surface area contributed by atoms with Gasteiger partial charge < -0.3 is 4.90 Å². The fourth-order valence-corrected chi connectivity index (χ4v) is 6.73. The fourth-order valence-electron chi connectivity index (χ4n) is 3.02. The van der Waals surface area contributed by atoms with Gasteiger partial charge in [-0.15, -0.1) is 11.3 Å². The van der Waals surface area contributed by atoms with Gasteiger partial charge in [0.1, 0.15) is 10.9 Å². The molecule has 0 aliphatic carbocycles. The SMILES string of the molecule is CCN(C(=O)CN1C(=O)C(=Cc2cccs2)SC1=S)C1CCS(=O)(=O)C1. The van der Waals surface area contributed by atoms with Crippen molar-refractivity contribution in [2.75, 3.05) is 24.6 Å². The summed E-state index contributed by atoms with van der Waals surface area (Å²) in [5.74, 6) is -0.463. The molecule has 1 aromatic heterocycles. The Morgan fingerprint density at radius 2 is 2.27 bits per heavy atom. The zero-order chi connectivity index (χ0) is 18.9. The molecule has 0 aromatic carbocycles. The third-order valence-corrected chi connectivity index (χ3v) is 8.24. The molecule has 3 heterocycles. The molecule has 2 aliphatic rings. The van der Waals surface area contributed by atoms with Crippen molar-refractivity contribution in [3.63, 3.8) is 0 Å². The van der Waals surface area contributed by atoms with Gasteiger partial charge in [0.25, 0.3) is 5.91 Å². The fraction of sp³-hybridized carbons (Fsp3) is 0.438. The van der Waals surface area contributed by atoms with Gasteiger partial charge in [-0.1, -0.05) is 30.0 Å². The molecule has 3 rings (SSSR count). The molecule has 0 N–H and O–H groups in total. The van der Waals surface area contributed by atoms with Crippen molar-refractivity contribution in [2.45, 2.75) is 19.4 Å². The van der Waals surface area contributed by atoms with Crippen LogP contribution in [0.15, 0.2) is 22.4 Å². The number of hydrogen-bond acceptors (Lipinski definition) is 7. The number of amides is 2. The van der Waals surface area contributed by atoms with Crippen LogP contribution in [0.5, 0.6) is 0 Å². The van der Waals surface area contributed by atoms with Crippen LogP contribution in [-0.4, -0.2) is 65.0 Å². The van der Waals surface area contributed by atoms with E-state index in [0.29, 0.717) is 22.2 Å². The van der Waals surface area contributed by atoms with Crippen molar-refractivity contribution >= 4 is 67.4 Å². The number of thiophene rings is 1. The molecule has 10 heteroatoms. The molecule has 0 spiro atoms. The number of rotatable bonds is 5. The van der Waals surface area contributed by atoms with E-state index in [1.807, 2.05) is 24.4 Å². The number of sulfone groups is 1. The van der Waals surface area contributed by atoms with Gasteiger partial charge in [-0.05, 0) is 30.9 Å². The summed E-state index contributed by atoms with van der Waals surface area (Å²) >= 11 is 7.97. The van der Waals surface area contributed by atoms with E-state index in [1.165, 1.54) is 28.0 Å². The van der Waals surface area contributed by atoms with E-state index >= 15 is 0 Å². The average Bonchev–Trinajstić information content (AvgIpc) is 3.26. The van der Waals surface area contributed by atoms with E-state index in [2.05, 4.69) is 0 Å². The standard InChI is InChI=1S/C16H18N2O4S4/c1-2-17(11-5-7-26(21,22)10-11)14(19)9-18-15(20)13(25-16(18)23)8-12-4-3-6-24-12/h3-4,6,8,11H,2,5,7,9-10H2,1H3. The molecule has 2 aliphatic heterocycles. The van der Waals surface area contributed by atoms with Crippen LogP contribution in [0.4, 0.5) is 0 Å². The lowest BCUT2D eigenvalue weighted by atomic mass is 10.2. The Labute approximate surface area is 166 Å². The Hall–Kier alpha value is -1.23. The zero-order valence-electron chi connectivity index (χ0n) is 14.1. The predicted octanol–water partition coefficient (Wildman–Crippen LogP) is 1.98. The number of carbonyl (C=O) groups is 2. The normalized spacial score (nSPS) is 23.8. The van der Waals surface area contributed by atoms with Crippen LogP contribution in [0.1, 0.15) is 18.2 Å². The quantitative estimate of drug-likeness (QED) is 0.525. The number of likely N-dealkylation sites (N-methyl/N-ethyl adjacent to an activating group) is 1. The van der Waals surface area contributed by atoms with Gasteiger partial charge in [0.15, 0.2) is 9.84 Å². The molecule has 6 nitrogen and oxygen atoms in total. The Morgan fingerprint density at radius 1 is 1.50 bits per heavy atom. The molecular weight excluding hydrogens is 412 g/mol. The topological polar surface area (TPSA) is 74.8 Å². The van der Waals surface area contributed by atoms with Crippen molar-refractivity contribution in [3.8, 4) is 0 Å². The van der Waals surface area contributed by atoms with Crippen LogP contribution in [0.3, 0.4) is 0 Å². The first-order valence-electron chi connectivity index (χ1n) is 8.09. The Kier molecular flexibility index (Phi) is 5.85. The zero-order valence-corrected chi connectivity index (χ0v) is 17.3. The van der Waals surface area contributed by atoms with Gasteiger partial charge in [0, 0.05) is 17.5 Å².